The molecule has 340 valence electrons. The summed E-state index contributed by atoms with van der Waals surface area (Å²) >= 11 is 0. The standard InChI is InChI=1S/C66H61N3/c1-3-5-11-47-18-27-55(28-19-47)67(56-30-25-53(26-31-56)66-43-48-38-49(44-66)42-65(41-48,45-66)52-23-16-46(4-2)17-24-52)57-32-34-58(35-33-57)68(54-12-7-6-8-13-54)60-36-37-64-62(40-60)61-14-9-10-15-63(61)69(64)59-29-22-50-20-21-51(50)39-59/h4,6-10,12-19,22-37,39-40,48-49H,2-3,5,11,20-21,38,41-45H2,1H3. The van der Waals surface area contributed by atoms with Crippen molar-refractivity contribution in [2.75, 3.05) is 9.80 Å². The van der Waals surface area contributed by atoms with Crippen LogP contribution < -0.4 is 9.80 Å². The van der Waals surface area contributed by atoms with Gasteiger partial charge in [-0.3, -0.25) is 0 Å². The molecule has 9 aromatic rings. The Morgan fingerprint density at radius 2 is 1.06 bits per heavy atom. The summed E-state index contributed by atoms with van der Waals surface area (Å²) in [5.41, 5.74) is 19.8. The minimum absolute atomic E-state index is 0.230. The van der Waals surface area contributed by atoms with Crippen molar-refractivity contribution in [3.05, 3.63) is 228 Å². The van der Waals surface area contributed by atoms with E-state index in [0.29, 0.717) is 0 Å². The molecule has 4 bridgehead atoms. The molecule has 0 N–H and O–H groups in total. The van der Waals surface area contributed by atoms with E-state index in [1.165, 1.54) is 131 Å². The second-order valence-corrected chi connectivity index (χ2v) is 21.2. The molecule has 5 aliphatic rings. The molecular weight excluding hydrogens is 835 g/mol. The van der Waals surface area contributed by atoms with Crippen LogP contribution in [0.5, 0.6) is 0 Å². The lowest BCUT2D eigenvalue weighted by Crippen LogP contribution is -2.55. The highest BCUT2D eigenvalue weighted by Crippen LogP contribution is 2.66. The Balaban J connectivity index is 0.866. The number of unbranched alkanes of at least 4 members (excludes halogenated alkanes) is 1. The summed E-state index contributed by atoms with van der Waals surface area (Å²) in [7, 11) is 0. The molecular formula is C66H61N3. The average molecular weight is 896 g/mol. The number of hydrogen-bond acceptors (Lipinski definition) is 2. The number of fused-ring (bicyclic) bond motifs is 4. The molecule has 3 heteroatoms. The molecule has 4 fully saturated rings. The molecule has 1 heterocycles. The van der Waals surface area contributed by atoms with E-state index in [-0.39, 0.29) is 10.8 Å². The molecule has 0 aliphatic heterocycles. The highest BCUT2D eigenvalue weighted by Gasteiger charge is 2.58. The molecule has 3 nitrogen and oxygen atoms in total. The summed E-state index contributed by atoms with van der Waals surface area (Å²) in [5.74, 6) is 1.60. The molecule has 5 aliphatic carbocycles. The summed E-state index contributed by atoms with van der Waals surface area (Å²) in [4.78, 5) is 4.87. The summed E-state index contributed by atoms with van der Waals surface area (Å²) in [6, 6.07) is 71.6. The van der Waals surface area contributed by atoms with Gasteiger partial charge in [0, 0.05) is 50.6 Å². The van der Waals surface area contributed by atoms with Crippen molar-refractivity contribution in [1.82, 2.24) is 4.57 Å². The summed E-state index contributed by atoms with van der Waals surface area (Å²) < 4.78 is 2.45. The monoisotopic (exact) mass is 895 g/mol. The van der Waals surface area contributed by atoms with Crippen molar-refractivity contribution in [2.24, 2.45) is 11.8 Å². The molecule has 0 amide bonds. The van der Waals surface area contributed by atoms with E-state index in [2.05, 4.69) is 216 Å². The highest BCUT2D eigenvalue weighted by molar-refractivity contribution is 6.10. The fraction of sp³-hybridized carbons (Fsp3) is 0.242. The van der Waals surface area contributed by atoms with Crippen LogP contribution >= 0.6 is 0 Å². The fourth-order valence-corrected chi connectivity index (χ4v) is 14.0. The van der Waals surface area contributed by atoms with Gasteiger partial charge < -0.3 is 14.4 Å². The van der Waals surface area contributed by atoms with Crippen molar-refractivity contribution in [2.45, 2.75) is 88.4 Å². The molecule has 1 aromatic heterocycles. The molecule has 0 spiro atoms. The van der Waals surface area contributed by atoms with Crippen molar-refractivity contribution < 1.29 is 0 Å². The summed E-state index contributed by atoms with van der Waals surface area (Å²) in [6.07, 6.45) is 15.8. The largest absolute Gasteiger partial charge is 0.311 e. The maximum absolute atomic E-state index is 4.03. The van der Waals surface area contributed by atoms with E-state index in [4.69, 9.17) is 0 Å². The normalized spacial score (nSPS) is 21.0. The Bertz CT molecular complexity index is 3330. The lowest BCUT2D eigenvalue weighted by molar-refractivity contribution is -0.0281. The quantitative estimate of drug-likeness (QED) is 0.114. The van der Waals surface area contributed by atoms with Crippen molar-refractivity contribution in [3.63, 3.8) is 0 Å². The molecule has 14 rings (SSSR count). The molecule has 8 aromatic carbocycles. The number of hydrogen-bond donors (Lipinski definition) is 0. The number of rotatable bonds is 13. The molecule has 4 saturated carbocycles. The topological polar surface area (TPSA) is 11.4 Å². The molecule has 69 heavy (non-hydrogen) atoms. The van der Waals surface area contributed by atoms with Crippen LogP contribution in [0.25, 0.3) is 33.6 Å². The van der Waals surface area contributed by atoms with E-state index < -0.39 is 0 Å². The van der Waals surface area contributed by atoms with Crippen LogP contribution in [-0.4, -0.2) is 4.57 Å². The molecule has 2 unspecified atom stereocenters. The first-order chi connectivity index (χ1) is 34.0. The third-order valence-electron chi connectivity index (χ3n) is 17.0. The average Bonchev–Trinajstić information content (AvgIpc) is 3.71. The number of para-hydroxylation sites is 2. The Hall–Kier alpha value is -7.10. The molecule has 0 saturated heterocycles. The van der Waals surface area contributed by atoms with Crippen LogP contribution in [0.3, 0.4) is 0 Å². The van der Waals surface area contributed by atoms with Gasteiger partial charge in [0.2, 0.25) is 0 Å². The third kappa shape index (κ3) is 7.23. The van der Waals surface area contributed by atoms with Crippen LogP contribution in [0.15, 0.2) is 195 Å². The number of aromatic nitrogens is 1. The van der Waals surface area contributed by atoms with E-state index in [1.54, 1.807) is 5.56 Å². The second-order valence-electron chi connectivity index (χ2n) is 21.2. The number of benzene rings is 8. The van der Waals surface area contributed by atoms with Gasteiger partial charge >= 0.3 is 0 Å². The third-order valence-corrected chi connectivity index (χ3v) is 17.0. The zero-order valence-electron chi connectivity index (χ0n) is 40.0. The zero-order valence-corrected chi connectivity index (χ0v) is 40.0. The predicted molar refractivity (Wildman–Crippen MR) is 291 cm³/mol. The lowest BCUT2D eigenvalue weighted by atomic mass is 9.42. The van der Waals surface area contributed by atoms with Crippen molar-refractivity contribution in [1.29, 1.82) is 0 Å². The van der Waals surface area contributed by atoms with Gasteiger partial charge in [0.25, 0.3) is 0 Å². The van der Waals surface area contributed by atoms with Crippen LogP contribution in [-0.2, 0) is 30.1 Å². The first kappa shape index (κ1) is 42.0. The van der Waals surface area contributed by atoms with E-state index in [0.717, 1.165) is 41.0 Å². The van der Waals surface area contributed by atoms with E-state index in [9.17, 15) is 0 Å². The van der Waals surface area contributed by atoms with Crippen LogP contribution in [0, 0.1) is 11.8 Å². The fourth-order valence-electron chi connectivity index (χ4n) is 14.0. The van der Waals surface area contributed by atoms with Gasteiger partial charge in [0.1, 0.15) is 0 Å². The van der Waals surface area contributed by atoms with E-state index >= 15 is 0 Å². The van der Waals surface area contributed by atoms with Crippen molar-refractivity contribution >= 4 is 62.0 Å². The highest BCUT2D eigenvalue weighted by atomic mass is 15.2. The summed E-state index contributed by atoms with van der Waals surface area (Å²) in [5, 5.41) is 2.52. The van der Waals surface area contributed by atoms with Gasteiger partial charge in [-0.25, -0.2) is 0 Å². The number of anilines is 6. The summed E-state index contributed by atoms with van der Waals surface area (Å²) in [6.45, 7) is 6.31. The Labute approximate surface area is 408 Å². The smallest absolute Gasteiger partial charge is 0.0542 e. The predicted octanol–water partition coefficient (Wildman–Crippen LogP) is 17.6. The van der Waals surface area contributed by atoms with Gasteiger partial charge in [0.05, 0.1) is 11.0 Å². The van der Waals surface area contributed by atoms with E-state index in [1.807, 2.05) is 6.08 Å². The van der Waals surface area contributed by atoms with Gasteiger partial charge in [-0.2, -0.15) is 0 Å². The molecule has 0 radical (unpaired) electrons. The minimum Gasteiger partial charge on any atom is -0.311 e. The van der Waals surface area contributed by atoms with Gasteiger partial charge in [-0.1, -0.05) is 117 Å². The van der Waals surface area contributed by atoms with Crippen LogP contribution in [0.4, 0.5) is 34.1 Å². The first-order valence-electron chi connectivity index (χ1n) is 25.8. The lowest BCUT2D eigenvalue weighted by Gasteiger charge is -2.63. The van der Waals surface area contributed by atoms with Gasteiger partial charge in [-0.15, -0.1) is 0 Å². The Kier molecular flexibility index (Phi) is 10.3. The number of nitrogens with zero attached hydrogens (tertiary/aromatic N) is 3. The molecule has 2 atom stereocenters. The SMILES string of the molecule is C=Cc1ccc(C23CC4CC(C2)CC(c2ccc(N(c5ccc(CCCC)cc5)c5ccc(N(c6ccccc6)c6ccc7c(c6)c6ccccc6n7-c6ccc7c(c6)CC7)cc5)cc2)(C4)C3)cc1. The maximum atomic E-state index is 4.03. The minimum atomic E-state index is 0.230. The maximum Gasteiger partial charge on any atom is 0.0542 e. The Morgan fingerprint density at radius 3 is 1.67 bits per heavy atom. The van der Waals surface area contributed by atoms with Crippen LogP contribution in [0.1, 0.15) is 91.7 Å². The van der Waals surface area contributed by atoms with Crippen LogP contribution in [0.2, 0.25) is 0 Å². The van der Waals surface area contributed by atoms with Gasteiger partial charge in [-0.05, 0) is 217 Å². The number of aryl methyl sites for hydroxylation is 3. The van der Waals surface area contributed by atoms with Crippen molar-refractivity contribution in [3.8, 4) is 5.69 Å². The Morgan fingerprint density at radius 1 is 0.522 bits per heavy atom. The van der Waals surface area contributed by atoms with Gasteiger partial charge in [0.15, 0.2) is 0 Å². The first-order valence-corrected chi connectivity index (χ1v) is 25.8. The second kappa shape index (κ2) is 16.8. The zero-order chi connectivity index (χ0) is 46.1.